The van der Waals surface area contributed by atoms with Crippen molar-refractivity contribution >= 4 is 11.8 Å². The highest BCUT2D eigenvalue weighted by Gasteiger charge is 2.00. The van der Waals surface area contributed by atoms with Gasteiger partial charge in [0.15, 0.2) is 0 Å². The van der Waals surface area contributed by atoms with Crippen LogP contribution in [0.1, 0.15) is 18.9 Å². The molecule has 16 heavy (non-hydrogen) atoms. The van der Waals surface area contributed by atoms with Gasteiger partial charge < -0.3 is 10.0 Å². The maximum Gasteiger partial charge on any atom is 0.0443 e. The predicted octanol–water partition coefficient (Wildman–Crippen LogP) is 2.61. The summed E-state index contributed by atoms with van der Waals surface area (Å²) in [5.41, 5.74) is 1.33. The molecule has 0 amide bonds. The topological polar surface area (TPSA) is 23.5 Å². The predicted molar refractivity (Wildman–Crippen MR) is 70.9 cm³/mol. The molecule has 0 aliphatic heterocycles. The molecular weight excluding hydrogens is 218 g/mol. The Morgan fingerprint density at radius 1 is 1.25 bits per heavy atom. The van der Waals surface area contributed by atoms with Crippen LogP contribution in [0.25, 0.3) is 0 Å². The first-order chi connectivity index (χ1) is 7.76. The van der Waals surface area contributed by atoms with Crippen LogP contribution < -0.4 is 0 Å². The summed E-state index contributed by atoms with van der Waals surface area (Å²) in [5, 5.41) is 8.75. The lowest BCUT2D eigenvalue weighted by molar-refractivity contribution is 0.244. The van der Waals surface area contributed by atoms with E-state index in [1.54, 1.807) is 0 Å². The van der Waals surface area contributed by atoms with Crippen molar-refractivity contribution in [2.75, 3.05) is 26.0 Å². The van der Waals surface area contributed by atoms with Crippen LogP contribution in [-0.2, 0) is 6.54 Å². The largest absolute Gasteiger partial charge is 0.396 e. The molecular formula is C13H21NOS. The van der Waals surface area contributed by atoms with Crippen molar-refractivity contribution in [3.63, 3.8) is 0 Å². The Morgan fingerprint density at radius 2 is 1.94 bits per heavy atom. The molecule has 1 N–H and O–H groups in total. The first-order valence-corrected chi connectivity index (χ1v) is 6.76. The molecule has 0 heterocycles. The number of thioether (sulfide) groups is 1. The maximum absolute atomic E-state index is 8.75. The van der Waals surface area contributed by atoms with Gasteiger partial charge in [0.2, 0.25) is 0 Å². The zero-order chi connectivity index (χ0) is 11.8. The highest BCUT2D eigenvalue weighted by molar-refractivity contribution is 7.99. The van der Waals surface area contributed by atoms with Gasteiger partial charge in [0.05, 0.1) is 0 Å². The maximum atomic E-state index is 8.75. The second-order valence-electron chi connectivity index (χ2n) is 3.89. The summed E-state index contributed by atoms with van der Waals surface area (Å²) in [5.74, 6) is 1.12. The van der Waals surface area contributed by atoms with Crippen molar-refractivity contribution < 1.29 is 5.11 Å². The van der Waals surface area contributed by atoms with Gasteiger partial charge in [0.1, 0.15) is 0 Å². The molecule has 2 nitrogen and oxygen atoms in total. The molecule has 0 aliphatic rings. The standard InChI is InChI=1S/C13H21NOS/c1-3-16-13-7-5-12(6-8-13)11-14(2)9-4-10-15/h5-8,15H,3-4,9-11H2,1-2H3. The second-order valence-corrected chi connectivity index (χ2v) is 5.23. The molecule has 0 aliphatic carbocycles. The number of aliphatic hydroxyl groups is 1. The third kappa shape index (κ3) is 5.01. The van der Waals surface area contributed by atoms with Crippen LogP contribution in [0.15, 0.2) is 29.2 Å². The van der Waals surface area contributed by atoms with E-state index in [2.05, 4.69) is 43.1 Å². The van der Waals surface area contributed by atoms with E-state index in [4.69, 9.17) is 5.11 Å². The van der Waals surface area contributed by atoms with Crippen LogP contribution in [0.3, 0.4) is 0 Å². The van der Waals surface area contributed by atoms with Crippen LogP contribution in [0.4, 0.5) is 0 Å². The molecule has 0 fully saturated rings. The molecule has 0 saturated carbocycles. The van der Waals surface area contributed by atoms with Crippen molar-refractivity contribution in [2.24, 2.45) is 0 Å². The molecule has 0 atom stereocenters. The Labute approximate surface area is 103 Å². The van der Waals surface area contributed by atoms with E-state index in [0.29, 0.717) is 0 Å². The lowest BCUT2D eigenvalue weighted by Gasteiger charge is -2.16. The van der Waals surface area contributed by atoms with E-state index in [-0.39, 0.29) is 6.61 Å². The average Bonchev–Trinajstić information content (AvgIpc) is 2.29. The molecule has 1 aromatic rings. The summed E-state index contributed by atoms with van der Waals surface area (Å²) < 4.78 is 0. The molecule has 0 spiro atoms. The van der Waals surface area contributed by atoms with Crippen molar-refractivity contribution in [3.8, 4) is 0 Å². The van der Waals surface area contributed by atoms with Gasteiger partial charge in [-0.2, -0.15) is 0 Å². The fraction of sp³-hybridized carbons (Fsp3) is 0.538. The van der Waals surface area contributed by atoms with Gasteiger partial charge in [-0.25, -0.2) is 0 Å². The van der Waals surface area contributed by atoms with Gasteiger partial charge in [0.25, 0.3) is 0 Å². The van der Waals surface area contributed by atoms with Gasteiger partial charge in [-0.15, -0.1) is 11.8 Å². The number of benzene rings is 1. The summed E-state index contributed by atoms with van der Waals surface area (Å²) in [6.07, 6.45) is 0.847. The summed E-state index contributed by atoms with van der Waals surface area (Å²) in [6.45, 7) is 4.34. The SMILES string of the molecule is CCSc1ccc(CN(C)CCCO)cc1. The highest BCUT2D eigenvalue weighted by Crippen LogP contribution is 2.18. The van der Waals surface area contributed by atoms with E-state index in [1.165, 1.54) is 10.5 Å². The fourth-order valence-electron chi connectivity index (χ4n) is 1.59. The quantitative estimate of drug-likeness (QED) is 0.740. The summed E-state index contributed by atoms with van der Waals surface area (Å²) in [7, 11) is 2.09. The lowest BCUT2D eigenvalue weighted by Crippen LogP contribution is -2.19. The minimum atomic E-state index is 0.274. The molecule has 0 bridgehead atoms. The van der Waals surface area contributed by atoms with Crippen LogP contribution in [-0.4, -0.2) is 36.0 Å². The Balaban J connectivity index is 2.41. The molecule has 1 rings (SSSR count). The van der Waals surface area contributed by atoms with E-state index < -0.39 is 0 Å². The Kier molecular flexibility index (Phi) is 6.53. The fourth-order valence-corrected chi connectivity index (χ4v) is 2.25. The average molecular weight is 239 g/mol. The first-order valence-electron chi connectivity index (χ1n) is 5.77. The number of hydrogen-bond donors (Lipinski definition) is 1. The monoisotopic (exact) mass is 239 g/mol. The molecule has 1 aromatic carbocycles. The van der Waals surface area contributed by atoms with Crippen molar-refractivity contribution in [1.82, 2.24) is 4.90 Å². The minimum absolute atomic E-state index is 0.274. The van der Waals surface area contributed by atoms with Crippen LogP contribution in [0.2, 0.25) is 0 Å². The van der Waals surface area contributed by atoms with Gasteiger partial charge in [-0.1, -0.05) is 19.1 Å². The normalized spacial score (nSPS) is 11.0. The molecule has 0 aromatic heterocycles. The molecule has 0 saturated heterocycles. The van der Waals surface area contributed by atoms with E-state index in [9.17, 15) is 0 Å². The second kappa shape index (κ2) is 7.71. The van der Waals surface area contributed by atoms with Crippen LogP contribution >= 0.6 is 11.8 Å². The summed E-state index contributed by atoms with van der Waals surface area (Å²) in [4.78, 5) is 3.57. The minimum Gasteiger partial charge on any atom is -0.396 e. The third-order valence-corrected chi connectivity index (χ3v) is 3.28. The van der Waals surface area contributed by atoms with Gasteiger partial charge in [-0.05, 0) is 36.9 Å². The van der Waals surface area contributed by atoms with E-state index in [1.807, 2.05) is 11.8 Å². The summed E-state index contributed by atoms with van der Waals surface area (Å²) >= 11 is 1.87. The Bertz CT molecular complexity index is 286. The molecule has 0 radical (unpaired) electrons. The number of rotatable bonds is 7. The number of aliphatic hydroxyl groups excluding tert-OH is 1. The number of nitrogens with zero attached hydrogens (tertiary/aromatic N) is 1. The van der Waals surface area contributed by atoms with Crippen LogP contribution in [0, 0.1) is 0 Å². The van der Waals surface area contributed by atoms with Crippen molar-refractivity contribution in [3.05, 3.63) is 29.8 Å². The number of hydrogen-bond acceptors (Lipinski definition) is 3. The molecule has 3 heteroatoms. The lowest BCUT2D eigenvalue weighted by atomic mass is 10.2. The van der Waals surface area contributed by atoms with E-state index >= 15 is 0 Å². The van der Waals surface area contributed by atoms with E-state index in [0.717, 1.165) is 25.3 Å². The van der Waals surface area contributed by atoms with Gasteiger partial charge in [0, 0.05) is 24.6 Å². The van der Waals surface area contributed by atoms with Crippen LogP contribution in [0.5, 0.6) is 0 Å². The van der Waals surface area contributed by atoms with Crippen molar-refractivity contribution in [2.45, 2.75) is 24.8 Å². The molecule has 90 valence electrons. The Hall–Kier alpha value is -0.510. The Morgan fingerprint density at radius 3 is 2.50 bits per heavy atom. The van der Waals surface area contributed by atoms with Crippen molar-refractivity contribution in [1.29, 1.82) is 0 Å². The summed E-state index contributed by atoms with van der Waals surface area (Å²) in [6, 6.07) is 8.74. The first kappa shape index (κ1) is 13.6. The smallest absolute Gasteiger partial charge is 0.0443 e. The van der Waals surface area contributed by atoms with Gasteiger partial charge >= 0.3 is 0 Å². The third-order valence-electron chi connectivity index (χ3n) is 2.38. The zero-order valence-electron chi connectivity index (χ0n) is 10.1. The van der Waals surface area contributed by atoms with Gasteiger partial charge in [-0.3, -0.25) is 0 Å². The highest BCUT2D eigenvalue weighted by atomic mass is 32.2. The molecule has 0 unspecified atom stereocenters. The zero-order valence-corrected chi connectivity index (χ0v) is 11.0.